The van der Waals surface area contributed by atoms with Crippen LogP contribution in [0.1, 0.15) is 13.8 Å². The van der Waals surface area contributed by atoms with Crippen LogP contribution < -0.4 is 15.6 Å². The number of hydrogen-bond donors (Lipinski definition) is 1. The lowest BCUT2D eigenvalue weighted by atomic mass is 10.0. The van der Waals surface area contributed by atoms with Crippen LogP contribution in [0.4, 0.5) is 0 Å². The molecule has 3 aromatic carbocycles. The molecular formula is C25H27IO2Si. The van der Waals surface area contributed by atoms with Crippen LogP contribution in [0.3, 0.4) is 0 Å². The van der Waals surface area contributed by atoms with Crippen LogP contribution in [0.15, 0.2) is 101 Å². The average molecular weight is 514 g/mol. The molecule has 0 radical (unpaired) electrons. The fourth-order valence-corrected chi connectivity index (χ4v) is 8.28. The number of halogens is 1. The predicted octanol–water partition coefficient (Wildman–Crippen LogP) is 4.01. The first-order valence-corrected chi connectivity index (χ1v) is 13.0. The molecule has 0 saturated carbocycles. The van der Waals surface area contributed by atoms with Crippen LogP contribution in [0.2, 0.25) is 0 Å². The van der Waals surface area contributed by atoms with Gasteiger partial charge in [0, 0.05) is 12.5 Å². The van der Waals surface area contributed by atoms with E-state index in [-0.39, 0.29) is 18.6 Å². The zero-order valence-corrected chi connectivity index (χ0v) is 20.0. The first-order chi connectivity index (χ1) is 14.1. The minimum Gasteiger partial charge on any atom is -0.397 e. The fraction of sp³-hybridized carbons (Fsp3) is 0.200. The summed E-state index contributed by atoms with van der Waals surface area (Å²) < 4.78 is 9.27. The Morgan fingerprint density at radius 3 is 1.55 bits per heavy atom. The quantitative estimate of drug-likeness (QED) is 0.280. The largest absolute Gasteiger partial charge is 0.397 e. The second kappa shape index (κ2) is 10.3. The summed E-state index contributed by atoms with van der Waals surface area (Å²) in [6.45, 7) is 4.22. The van der Waals surface area contributed by atoms with Crippen LogP contribution in [0.5, 0.6) is 0 Å². The Balaban J connectivity index is 2.30. The van der Waals surface area contributed by atoms with Gasteiger partial charge < -0.3 is 9.53 Å². The van der Waals surface area contributed by atoms with E-state index in [1.54, 1.807) is 0 Å². The second-order valence-electron chi connectivity index (χ2n) is 7.33. The van der Waals surface area contributed by atoms with Crippen LogP contribution in [0, 0.1) is 5.92 Å². The van der Waals surface area contributed by atoms with Gasteiger partial charge in [-0.2, -0.15) is 0 Å². The van der Waals surface area contributed by atoms with Crippen molar-refractivity contribution in [3.8, 4) is 0 Å². The Hall–Kier alpha value is -1.73. The molecule has 0 aliphatic carbocycles. The van der Waals surface area contributed by atoms with Crippen molar-refractivity contribution in [1.29, 1.82) is 0 Å². The molecule has 3 aromatic rings. The summed E-state index contributed by atoms with van der Waals surface area (Å²) in [5.41, 5.74) is 1.13. The van der Waals surface area contributed by atoms with Gasteiger partial charge in [-0.15, -0.1) is 0 Å². The first-order valence-electron chi connectivity index (χ1n) is 9.85. The van der Waals surface area contributed by atoms with Crippen molar-refractivity contribution >= 4 is 46.5 Å². The molecule has 1 N–H and O–H groups in total. The van der Waals surface area contributed by atoms with Crippen LogP contribution in [-0.4, -0.2) is 26.1 Å². The smallest absolute Gasteiger partial charge is 0.288 e. The Bertz CT molecular complexity index is 817. The number of aliphatic hydroxyl groups is 1. The van der Waals surface area contributed by atoms with E-state index in [2.05, 4.69) is 113 Å². The summed E-state index contributed by atoms with van der Waals surface area (Å²) in [6, 6.07) is 31.7. The molecule has 150 valence electrons. The Morgan fingerprint density at radius 1 is 0.862 bits per heavy atom. The number of hydrogen-bond acceptors (Lipinski definition) is 2. The average Bonchev–Trinajstić information content (AvgIpc) is 2.81. The summed E-state index contributed by atoms with van der Waals surface area (Å²) in [5, 5.41) is 13.6. The molecule has 0 saturated heterocycles. The van der Waals surface area contributed by atoms with Crippen molar-refractivity contribution in [2.24, 2.45) is 5.92 Å². The summed E-state index contributed by atoms with van der Waals surface area (Å²) in [7, 11) is -2.80. The highest BCUT2D eigenvalue weighted by atomic mass is 127. The Kier molecular flexibility index (Phi) is 7.83. The van der Waals surface area contributed by atoms with Gasteiger partial charge in [0.1, 0.15) is 0 Å². The van der Waals surface area contributed by atoms with Crippen molar-refractivity contribution in [1.82, 2.24) is 0 Å². The standard InChI is InChI=1S/C25H27IO2Si/c1-20(18-26)25(21(2)19-27)28-29(22-12-6-3-7-13-22,23-14-8-4-9-15-23)24-16-10-5-11-17-24/h3-18,21,25,27H,19H2,1-2H3/b20-18+/t21-,25+/m1/s1. The van der Waals surface area contributed by atoms with Crippen molar-refractivity contribution < 1.29 is 9.53 Å². The van der Waals surface area contributed by atoms with Crippen LogP contribution in [0.25, 0.3) is 0 Å². The first kappa shape index (κ1) is 22.0. The topological polar surface area (TPSA) is 29.5 Å². The summed E-state index contributed by atoms with van der Waals surface area (Å²) >= 11 is 2.27. The lowest BCUT2D eigenvalue weighted by Crippen LogP contribution is -2.70. The van der Waals surface area contributed by atoms with Gasteiger partial charge in [0.15, 0.2) is 0 Å². The molecule has 0 aromatic heterocycles. The van der Waals surface area contributed by atoms with Gasteiger partial charge in [-0.05, 0) is 32.1 Å². The highest BCUT2D eigenvalue weighted by Crippen LogP contribution is 2.23. The monoisotopic (exact) mass is 514 g/mol. The van der Waals surface area contributed by atoms with Gasteiger partial charge in [-0.1, -0.05) is 121 Å². The van der Waals surface area contributed by atoms with Gasteiger partial charge in [0.25, 0.3) is 8.32 Å². The molecule has 0 heterocycles. The van der Waals surface area contributed by atoms with Crippen molar-refractivity contribution in [2.45, 2.75) is 20.0 Å². The van der Waals surface area contributed by atoms with E-state index in [9.17, 15) is 5.11 Å². The molecule has 0 aliphatic heterocycles. The molecule has 0 unspecified atom stereocenters. The third-order valence-corrected chi connectivity index (χ3v) is 10.3. The predicted molar refractivity (Wildman–Crippen MR) is 133 cm³/mol. The molecule has 2 atom stereocenters. The van der Waals surface area contributed by atoms with Crippen LogP contribution in [-0.2, 0) is 4.43 Å². The maximum Gasteiger partial charge on any atom is 0.288 e. The minimum absolute atomic E-state index is 0.0102. The molecule has 0 aliphatic rings. The van der Waals surface area contributed by atoms with Gasteiger partial charge >= 0.3 is 0 Å². The zero-order valence-electron chi connectivity index (χ0n) is 16.8. The van der Waals surface area contributed by atoms with Crippen molar-refractivity contribution in [3.63, 3.8) is 0 Å². The molecule has 0 bridgehead atoms. The molecule has 0 spiro atoms. The van der Waals surface area contributed by atoms with E-state index in [0.29, 0.717) is 0 Å². The minimum atomic E-state index is -2.80. The number of benzene rings is 3. The summed E-state index contributed by atoms with van der Waals surface area (Å²) in [5.74, 6) is -0.0102. The van der Waals surface area contributed by atoms with Crippen LogP contribution >= 0.6 is 22.6 Å². The highest BCUT2D eigenvalue weighted by Gasteiger charge is 2.44. The lowest BCUT2D eigenvalue weighted by Gasteiger charge is -2.38. The molecular weight excluding hydrogens is 487 g/mol. The number of aliphatic hydroxyl groups excluding tert-OH is 1. The van der Waals surface area contributed by atoms with E-state index >= 15 is 0 Å². The third-order valence-electron chi connectivity index (χ3n) is 5.27. The summed E-state index contributed by atoms with van der Waals surface area (Å²) in [6.07, 6.45) is -0.177. The van der Waals surface area contributed by atoms with Gasteiger partial charge in [0.2, 0.25) is 0 Å². The fourth-order valence-electron chi connectivity index (χ4n) is 3.73. The van der Waals surface area contributed by atoms with E-state index in [1.807, 2.05) is 18.2 Å². The van der Waals surface area contributed by atoms with E-state index < -0.39 is 8.32 Å². The number of rotatable bonds is 8. The zero-order chi connectivity index (χ0) is 20.7. The normalized spacial score (nSPS) is 14.4. The Labute approximate surface area is 188 Å². The van der Waals surface area contributed by atoms with Gasteiger partial charge in [0.05, 0.1) is 6.10 Å². The van der Waals surface area contributed by atoms with E-state index in [0.717, 1.165) is 5.57 Å². The molecule has 0 fully saturated rings. The molecule has 4 heteroatoms. The molecule has 0 amide bonds. The maximum absolute atomic E-state index is 9.96. The second-order valence-corrected chi connectivity index (χ2v) is 11.3. The summed E-state index contributed by atoms with van der Waals surface area (Å²) in [4.78, 5) is 0. The SMILES string of the molecule is C/C(=C\I)[C@H](O[Si](c1ccccc1)(c1ccccc1)c1ccccc1)[C@H](C)CO. The highest BCUT2D eigenvalue weighted by molar-refractivity contribution is 14.1. The van der Waals surface area contributed by atoms with E-state index in [4.69, 9.17) is 4.43 Å². The van der Waals surface area contributed by atoms with Gasteiger partial charge in [-0.25, -0.2) is 0 Å². The molecule has 29 heavy (non-hydrogen) atoms. The Morgan fingerprint density at radius 2 is 1.24 bits per heavy atom. The lowest BCUT2D eigenvalue weighted by molar-refractivity contribution is 0.120. The van der Waals surface area contributed by atoms with Crippen molar-refractivity contribution in [3.05, 3.63) is 101 Å². The third kappa shape index (κ3) is 4.72. The maximum atomic E-state index is 9.96. The molecule has 2 nitrogen and oxygen atoms in total. The van der Waals surface area contributed by atoms with Crippen molar-refractivity contribution in [2.75, 3.05) is 6.61 Å². The van der Waals surface area contributed by atoms with Gasteiger partial charge in [-0.3, -0.25) is 0 Å². The van der Waals surface area contributed by atoms with E-state index in [1.165, 1.54) is 15.6 Å². The molecule has 3 rings (SSSR count).